The molecule has 98 valence electrons. The number of hydrogen-bond acceptors (Lipinski definition) is 4. The molecular weight excluding hydrogens is 248 g/mol. The molecule has 4 rings (SSSR count). The number of imide groups is 1. The molecule has 0 atom stereocenters. The van der Waals surface area contributed by atoms with Crippen molar-refractivity contribution in [3.63, 3.8) is 0 Å². The van der Waals surface area contributed by atoms with Gasteiger partial charge in [-0.25, -0.2) is 0 Å². The predicted molar refractivity (Wildman–Crippen MR) is 65.3 cm³/mol. The Morgan fingerprint density at radius 3 is 2.26 bits per heavy atom. The van der Waals surface area contributed by atoms with Gasteiger partial charge < -0.3 is 0 Å². The van der Waals surface area contributed by atoms with E-state index in [1.807, 2.05) is 6.92 Å². The zero-order valence-corrected chi connectivity index (χ0v) is 10.3. The van der Waals surface area contributed by atoms with Crippen molar-refractivity contribution in [2.24, 2.45) is 5.41 Å². The lowest BCUT2D eigenvalue weighted by Crippen LogP contribution is -2.69. The minimum absolute atomic E-state index is 0.00507. The third-order valence-electron chi connectivity index (χ3n) is 4.22. The molecule has 2 aliphatic heterocycles. The summed E-state index contributed by atoms with van der Waals surface area (Å²) in [5, 5.41) is 13.0. The van der Waals surface area contributed by atoms with Crippen LogP contribution in [-0.2, 0) is 15.0 Å². The molecule has 2 heterocycles. The van der Waals surface area contributed by atoms with E-state index in [9.17, 15) is 19.7 Å². The van der Waals surface area contributed by atoms with Gasteiger partial charge in [0.15, 0.2) is 0 Å². The average Bonchev–Trinajstić information content (AvgIpc) is 2.33. The first kappa shape index (κ1) is 11.8. The third-order valence-corrected chi connectivity index (χ3v) is 4.22. The van der Waals surface area contributed by atoms with E-state index < -0.39 is 15.8 Å². The number of nitro benzene ring substituents is 1. The second kappa shape index (κ2) is 3.40. The number of amides is 2. The van der Waals surface area contributed by atoms with Gasteiger partial charge in [-0.15, -0.1) is 0 Å². The van der Waals surface area contributed by atoms with E-state index in [2.05, 4.69) is 5.32 Å². The van der Waals surface area contributed by atoms with Gasteiger partial charge in [0.05, 0.1) is 10.3 Å². The Kier molecular flexibility index (Phi) is 2.12. The largest absolute Gasteiger partial charge is 0.295 e. The molecule has 2 saturated heterocycles. The molecule has 3 fully saturated rings. The number of benzene rings is 1. The number of non-ortho nitro benzene ring substituents is 1. The Hall–Kier alpha value is -2.24. The van der Waals surface area contributed by atoms with Crippen LogP contribution in [0.4, 0.5) is 5.69 Å². The Morgan fingerprint density at radius 1 is 1.16 bits per heavy atom. The molecule has 0 unspecified atom stereocenters. The highest BCUT2D eigenvalue weighted by atomic mass is 16.6. The fraction of sp³-hybridized carbons (Fsp3) is 0.385. The van der Waals surface area contributed by atoms with E-state index in [1.165, 1.54) is 12.1 Å². The van der Waals surface area contributed by atoms with Gasteiger partial charge >= 0.3 is 0 Å². The highest BCUT2D eigenvalue weighted by Crippen LogP contribution is 2.58. The summed E-state index contributed by atoms with van der Waals surface area (Å²) in [6, 6.07) is 5.99. The molecule has 3 aliphatic rings. The van der Waals surface area contributed by atoms with Crippen molar-refractivity contribution >= 4 is 17.5 Å². The molecule has 6 heteroatoms. The lowest BCUT2D eigenvalue weighted by atomic mass is 9.48. The van der Waals surface area contributed by atoms with E-state index >= 15 is 0 Å². The quantitative estimate of drug-likeness (QED) is 0.493. The van der Waals surface area contributed by atoms with Crippen LogP contribution in [0.1, 0.15) is 25.3 Å². The number of nitrogens with zero attached hydrogens (tertiary/aromatic N) is 1. The van der Waals surface area contributed by atoms with E-state index in [0.29, 0.717) is 12.8 Å². The Bertz CT molecular complexity index is 600. The first-order valence-electron chi connectivity index (χ1n) is 5.98. The van der Waals surface area contributed by atoms with Gasteiger partial charge in [0, 0.05) is 17.5 Å². The molecule has 19 heavy (non-hydrogen) atoms. The summed E-state index contributed by atoms with van der Waals surface area (Å²) in [5.74, 6) is -0.517. The van der Waals surface area contributed by atoms with Crippen molar-refractivity contribution in [3.05, 3.63) is 39.9 Å². The van der Waals surface area contributed by atoms with Crippen molar-refractivity contribution in [2.75, 3.05) is 0 Å². The number of nitrogens with one attached hydrogen (secondary N) is 1. The zero-order valence-electron chi connectivity index (χ0n) is 10.3. The first-order chi connectivity index (χ1) is 8.87. The number of carbonyl (C=O) groups is 2. The van der Waals surface area contributed by atoms with Gasteiger partial charge in [-0.3, -0.25) is 25.0 Å². The molecule has 6 nitrogen and oxygen atoms in total. The number of hydrogen-bond donors (Lipinski definition) is 1. The van der Waals surface area contributed by atoms with Gasteiger partial charge in [0.2, 0.25) is 11.8 Å². The molecule has 1 aromatic rings. The molecule has 2 bridgehead atoms. The Balaban J connectivity index is 1.97. The summed E-state index contributed by atoms with van der Waals surface area (Å²) in [5.41, 5.74) is -0.455. The topological polar surface area (TPSA) is 89.3 Å². The maximum Gasteiger partial charge on any atom is 0.269 e. The van der Waals surface area contributed by atoms with Crippen LogP contribution in [-0.4, -0.2) is 16.7 Å². The fourth-order valence-corrected chi connectivity index (χ4v) is 3.21. The summed E-state index contributed by atoms with van der Waals surface area (Å²) in [7, 11) is 0. The van der Waals surface area contributed by atoms with Gasteiger partial charge in [-0.05, 0) is 18.4 Å². The number of piperidine rings is 2. The van der Waals surface area contributed by atoms with Crippen molar-refractivity contribution < 1.29 is 14.5 Å². The zero-order chi connectivity index (χ0) is 13.8. The van der Waals surface area contributed by atoms with Crippen LogP contribution in [0.15, 0.2) is 24.3 Å². The SMILES string of the molecule is CC12CC(c3ccc([N+](=O)[O-])cc3)(C1)C(=O)NC2=O. The number of rotatable bonds is 2. The van der Waals surface area contributed by atoms with Gasteiger partial charge in [-0.1, -0.05) is 19.1 Å². The molecule has 1 aromatic carbocycles. The summed E-state index contributed by atoms with van der Waals surface area (Å²) >= 11 is 0. The number of nitro groups is 1. The maximum absolute atomic E-state index is 12.1. The van der Waals surface area contributed by atoms with Crippen LogP contribution in [0.3, 0.4) is 0 Å². The lowest BCUT2D eigenvalue weighted by Gasteiger charge is -2.56. The summed E-state index contributed by atoms with van der Waals surface area (Å²) in [6.45, 7) is 1.83. The summed E-state index contributed by atoms with van der Waals surface area (Å²) in [6.07, 6.45) is 0.949. The average molecular weight is 260 g/mol. The highest BCUT2D eigenvalue weighted by molar-refractivity contribution is 6.09. The van der Waals surface area contributed by atoms with Crippen LogP contribution in [0, 0.1) is 15.5 Å². The fourth-order valence-electron chi connectivity index (χ4n) is 3.21. The third kappa shape index (κ3) is 1.43. The molecular formula is C13H12N2O4. The standard InChI is InChI=1S/C13H12N2O4/c1-12-6-13(7-12,11(17)14-10(12)16)8-2-4-9(5-3-8)15(18)19/h2-5H,6-7H2,1H3,(H,14,16,17). The van der Waals surface area contributed by atoms with Crippen LogP contribution >= 0.6 is 0 Å². The van der Waals surface area contributed by atoms with Crippen molar-refractivity contribution in [3.8, 4) is 0 Å². The highest BCUT2D eigenvalue weighted by Gasteiger charge is 2.65. The van der Waals surface area contributed by atoms with Gasteiger partial charge in [0.1, 0.15) is 0 Å². The van der Waals surface area contributed by atoms with Crippen LogP contribution in [0.25, 0.3) is 0 Å². The Morgan fingerprint density at radius 2 is 1.74 bits per heavy atom. The predicted octanol–water partition coefficient (Wildman–Crippen LogP) is 1.29. The maximum atomic E-state index is 12.1. The van der Waals surface area contributed by atoms with E-state index in [4.69, 9.17) is 0 Å². The normalized spacial score (nSPS) is 32.5. The van der Waals surface area contributed by atoms with E-state index in [-0.39, 0.29) is 17.5 Å². The Labute approximate surface area is 109 Å². The molecule has 0 aromatic heterocycles. The monoisotopic (exact) mass is 260 g/mol. The summed E-state index contributed by atoms with van der Waals surface area (Å²) < 4.78 is 0. The van der Waals surface area contributed by atoms with Crippen LogP contribution < -0.4 is 5.32 Å². The van der Waals surface area contributed by atoms with Crippen molar-refractivity contribution in [1.29, 1.82) is 0 Å². The van der Waals surface area contributed by atoms with Crippen LogP contribution in [0.2, 0.25) is 0 Å². The van der Waals surface area contributed by atoms with Gasteiger partial charge in [0.25, 0.3) is 5.69 Å². The van der Waals surface area contributed by atoms with Crippen molar-refractivity contribution in [2.45, 2.75) is 25.2 Å². The minimum Gasteiger partial charge on any atom is -0.295 e. The molecule has 1 N–H and O–H groups in total. The smallest absolute Gasteiger partial charge is 0.269 e. The second-order valence-corrected chi connectivity index (χ2v) is 5.58. The lowest BCUT2D eigenvalue weighted by molar-refractivity contribution is -0.384. The molecule has 1 aliphatic carbocycles. The summed E-state index contributed by atoms with van der Waals surface area (Å²) in [4.78, 5) is 33.9. The molecule has 1 saturated carbocycles. The second-order valence-electron chi connectivity index (χ2n) is 5.58. The van der Waals surface area contributed by atoms with Gasteiger partial charge in [-0.2, -0.15) is 0 Å². The number of fused-ring (bicyclic) bond motifs is 2. The van der Waals surface area contributed by atoms with E-state index in [1.54, 1.807) is 12.1 Å². The van der Waals surface area contributed by atoms with E-state index in [0.717, 1.165) is 5.56 Å². The molecule has 2 amide bonds. The van der Waals surface area contributed by atoms with Crippen LogP contribution in [0.5, 0.6) is 0 Å². The first-order valence-corrected chi connectivity index (χ1v) is 5.98. The minimum atomic E-state index is -0.697. The molecule has 0 spiro atoms. The molecule has 0 radical (unpaired) electrons. The number of carbonyl (C=O) groups excluding carboxylic acids is 2. The van der Waals surface area contributed by atoms with Crippen molar-refractivity contribution in [1.82, 2.24) is 5.32 Å².